The van der Waals surface area contributed by atoms with Crippen molar-refractivity contribution in [3.8, 4) is 0 Å². The molecule has 0 aliphatic carbocycles. The van der Waals surface area contributed by atoms with Crippen molar-refractivity contribution < 1.29 is 24.3 Å². The number of thiazole rings is 1. The summed E-state index contributed by atoms with van der Waals surface area (Å²) >= 11 is 2.54. The average Bonchev–Trinajstić information content (AvgIpc) is 3.21. The van der Waals surface area contributed by atoms with Gasteiger partial charge in [-0.25, -0.2) is 9.78 Å². The highest BCUT2D eigenvalue weighted by Gasteiger charge is 2.53. The number of oxime groups is 1. The number of nitrogen functional groups attached to an aromatic ring is 1. The number of carboxylic acids is 1. The second kappa shape index (κ2) is 11.3. The summed E-state index contributed by atoms with van der Waals surface area (Å²) in [5.74, 6) is -1.83. The Morgan fingerprint density at radius 3 is 2.78 bits per heavy atom. The normalized spacial score (nSPS) is 20.3. The first-order valence-corrected chi connectivity index (χ1v) is 12.5. The first-order valence-electron chi connectivity index (χ1n) is 10.5. The number of aromatic nitrogens is 1. The van der Waals surface area contributed by atoms with Crippen LogP contribution in [0.4, 0.5) is 5.13 Å². The molecule has 1 unspecified atom stereocenters. The van der Waals surface area contributed by atoms with Crippen LogP contribution in [-0.2, 0) is 19.2 Å². The maximum atomic E-state index is 12.9. The summed E-state index contributed by atoms with van der Waals surface area (Å²) in [6.45, 7) is 2.53. The zero-order valence-corrected chi connectivity index (χ0v) is 19.4. The maximum absolute atomic E-state index is 12.9. The summed E-state index contributed by atoms with van der Waals surface area (Å²) in [5, 5.41) is 17.3. The van der Waals surface area contributed by atoms with Crippen LogP contribution in [0.25, 0.3) is 0 Å². The maximum Gasteiger partial charge on any atom is 0.352 e. The van der Waals surface area contributed by atoms with Gasteiger partial charge in [0.2, 0.25) is 0 Å². The number of fused-ring (bicyclic) bond motifs is 1. The van der Waals surface area contributed by atoms with E-state index >= 15 is 0 Å². The zero-order chi connectivity index (χ0) is 23.1. The number of carboxylic acid groups (broad SMARTS) is 1. The van der Waals surface area contributed by atoms with Gasteiger partial charge in [0.1, 0.15) is 29.4 Å². The predicted molar refractivity (Wildman–Crippen MR) is 123 cm³/mol. The van der Waals surface area contributed by atoms with Crippen LogP contribution in [0.5, 0.6) is 0 Å². The highest BCUT2D eigenvalue weighted by atomic mass is 32.2. The Morgan fingerprint density at radius 1 is 1.34 bits per heavy atom. The lowest BCUT2D eigenvalue weighted by Gasteiger charge is -2.48. The van der Waals surface area contributed by atoms with Crippen molar-refractivity contribution in [3.05, 3.63) is 22.8 Å². The van der Waals surface area contributed by atoms with Crippen molar-refractivity contribution in [1.82, 2.24) is 15.2 Å². The minimum atomic E-state index is -1.17. The van der Waals surface area contributed by atoms with Crippen molar-refractivity contribution in [2.45, 2.75) is 56.9 Å². The number of hydrogen-bond acceptors (Lipinski definition) is 9. The molecule has 2 aliphatic rings. The van der Waals surface area contributed by atoms with Gasteiger partial charge in [-0.1, -0.05) is 37.8 Å². The van der Waals surface area contributed by atoms with Crippen LogP contribution in [0.3, 0.4) is 0 Å². The number of nitrogens with one attached hydrogen (secondary N) is 1. The van der Waals surface area contributed by atoms with Gasteiger partial charge in [0.05, 0.1) is 0 Å². The molecule has 3 rings (SSSR count). The predicted octanol–water partition coefficient (Wildman–Crippen LogP) is 2.17. The molecule has 0 saturated carbocycles. The number of hydrogen-bond donors (Lipinski definition) is 3. The van der Waals surface area contributed by atoms with Crippen molar-refractivity contribution in [2.24, 2.45) is 5.16 Å². The molecule has 0 bridgehead atoms. The van der Waals surface area contributed by atoms with E-state index in [1.54, 1.807) is 5.38 Å². The molecule has 0 aromatic carbocycles. The van der Waals surface area contributed by atoms with Gasteiger partial charge >= 0.3 is 5.97 Å². The fourth-order valence-corrected chi connectivity index (χ4v) is 5.15. The lowest BCUT2D eigenvalue weighted by Crippen LogP contribution is -2.70. The van der Waals surface area contributed by atoms with E-state index in [-0.39, 0.29) is 22.2 Å². The van der Waals surface area contributed by atoms with E-state index < -0.39 is 29.2 Å². The van der Waals surface area contributed by atoms with E-state index in [1.165, 1.54) is 42.0 Å². The van der Waals surface area contributed by atoms with E-state index in [9.17, 15) is 19.5 Å². The molecule has 2 atom stereocenters. The molecule has 3 heterocycles. The SMILES string of the molecule is CCCCCCCCO/N=C(/C(=O)NC1C(=O)N2C(C(=O)O)=CCS[C@H]12)c1csc(N)n1. The molecule has 1 aromatic heterocycles. The largest absolute Gasteiger partial charge is 0.477 e. The number of amides is 2. The third-order valence-corrected chi connectivity index (χ3v) is 6.93. The fraction of sp³-hybridized carbons (Fsp3) is 0.550. The van der Waals surface area contributed by atoms with Crippen molar-refractivity contribution in [2.75, 3.05) is 18.1 Å². The third-order valence-electron chi connectivity index (χ3n) is 5.08. The fourth-order valence-electron chi connectivity index (χ4n) is 3.41. The number of thioether (sulfide) groups is 1. The molecule has 174 valence electrons. The van der Waals surface area contributed by atoms with Gasteiger partial charge in [-0.15, -0.1) is 23.1 Å². The summed E-state index contributed by atoms with van der Waals surface area (Å²) in [6, 6.07) is -0.852. The number of carbonyl (C=O) groups excluding carboxylic acids is 2. The van der Waals surface area contributed by atoms with E-state index in [4.69, 9.17) is 10.6 Å². The zero-order valence-electron chi connectivity index (χ0n) is 17.8. The number of anilines is 1. The van der Waals surface area contributed by atoms with Crippen molar-refractivity contribution in [3.63, 3.8) is 0 Å². The number of rotatable bonds is 12. The summed E-state index contributed by atoms with van der Waals surface area (Å²) in [5.41, 5.74) is 5.83. The van der Waals surface area contributed by atoms with Gasteiger partial charge in [0, 0.05) is 11.1 Å². The Morgan fingerprint density at radius 2 is 2.09 bits per heavy atom. The van der Waals surface area contributed by atoms with Crippen molar-refractivity contribution in [1.29, 1.82) is 0 Å². The van der Waals surface area contributed by atoms with Gasteiger partial charge in [-0.3, -0.25) is 14.5 Å². The Labute approximate surface area is 194 Å². The second-order valence-electron chi connectivity index (χ2n) is 7.39. The molecule has 0 spiro atoms. The van der Waals surface area contributed by atoms with Crippen LogP contribution in [0.15, 0.2) is 22.3 Å². The minimum Gasteiger partial charge on any atom is -0.477 e. The Kier molecular flexibility index (Phi) is 8.51. The Balaban J connectivity index is 1.61. The van der Waals surface area contributed by atoms with Crippen LogP contribution in [0, 0.1) is 0 Å². The van der Waals surface area contributed by atoms with Gasteiger partial charge in [0.25, 0.3) is 11.8 Å². The molecule has 2 aliphatic heterocycles. The lowest BCUT2D eigenvalue weighted by molar-refractivity contribution is -0.150. The number of nitrogens with two attached hydrogens (primary N) is 1. The van der Waals surface area contributed by atoms with Gasteiger partial charge in [-0.05, 0) is 18.9 Å². The molecule has 32 heavy (non-hydrogen) atoms. The molecule has 10 nitrogen and oxygen atoms in total. The molecule has 2 amide bonds. The summed E-state index contributed by atoms with van der Waals surface area (Å²) < 4.78 is 0. The highest BCUT2D eigenvalue weighted by molar-refractivity contribution is 8.00. The molecule has 1 saturated heterocycles. The van der Waals surface area contributed by atoms with Crippen molar-refractivity contribution >= 4 is 51.7 Å². The van der Waals surface area contributed by atoms with Gasteiger partial charge < -0.3 is 21.0 Å². The van der Waals surface area contributed by atoms with Gasteiger partial charge in [-0.2, -0.15) is 0 Å². The molecule has 4 N–H and O–H groups in total. The molecule has 1 fully saturated rings. The number of β-lactam (4-membered cyclic amide) rings is 1. The number of aliphatic carboxylic acids is 1. The first kappa shape index (κ1) is 24.1. The van der Waals surface area contributed by atoms with Crippen LogP contribution >= 0.6 is 23.1 Å². The third kappa shape index (κ3) is 5.60. The minimum absolute atomic E-state index is 0.0623. The smallest absolute Gasteiger partial charge is 0.352 e. The quantitative estimate of drug-likeness (QED) is 0.178. The number of unbranched alkanes of at least 4 members (excludes halogenated alkanes) is 5. The highest BCUT2D eigenvalue weighted by Crippen LogP contribution is 2.37. The first-order chi connectivity index (χ1) is 15.4. The number of carbonyl (C=O) groups is 3. The lowest BCUT2D eigenvalue weighted by atomic mass is 10.0. The summed E-state index contributed by atoms with van der Waals surface area (Å²) in [6.07, 6.45) is 8.05. The van der Waals surface area contributed by atoms with E-state index in [1.807, 2.05) is 0 Å². The second-order valence-corrected chi connectivity index (χ2v) is 9.43. The van der Waals surface area contributed by atoms with E-state index in [2.05, 4.69) is 22.4 Å². The molecule has 0 radical (unpaired) electrons. The molecule has 12 heteroatoms. The Hall–Kier alpha value is -2.60. The number of nitrogens with zero attached hydrogens (tertiary/aromatic N) is 3. The van der Waals surface area contributed by atoms with E-state index in [0.717, 1.165) is 30.6 Å². The molecular weight excluding hydrogens is 454 g/mol. The molecule has 1 aromatic rings. The van der Waals surface area contributed by atoms with Crippen LogP contribution in [-0.4, -0.2) is 62.3 Å². The monoisotopic (exact) mass is 481 g/mol. The topological polar surface area (TPSA) is 147 Å². The molecular formula is C20H27N5O5S2. The standard InChI is InChI=1S/C20H27N5O5S2/c1-2-3-4-5-6-7-9-30-24-14(12-11-32-20(21)22-12)16(26)23-15-17(27)25-13(19(28)29)8-10-31-18(15)25/h8,11,15,18H,2-7,9-10H2,1H3,(H2,21,22)(H,23,26)(H,28,29)/b24-14+/t15?,18-/m1/s1. The van der Waals surface area contributed by atoms with E-state index in [0.29, 0.717) is 12.4 Å². The van der Waals surface area contributed by atoms with Crippen LogP contribution in [0.1, 0.15) is 51.1 Å². The Bertz CT molecular complexity index is 916. The average molecular weight is 482 g/mol. The summed E-state index contributed by atoms with van der Waals surface area (Å²) in [4.78, 5) is 47.4. The van der Waals surface area contributed by atoms with Gasteiger partial charge in [0.15, 0.2) is 10.8 Å². The van der Waals surface area contributed by atoms with Crippen LogP contribution < -0.4 is 11.1 Å². The summed E-state index contributed by atoms with van der Waals surface area (Å²) in [7, 11) is 0. The van der Waals surface area contributed by atoms with Crippen LogP contribution in [0.2, 0.25) is 0 Å².